The number of benzene rings is 1. The van der Waals surface area contributed by atoms with Crippen LogP contribution in [0, 0.1) is 20.2 Å². The van der Waals surface area contributed by atoms with Gasteiger partial charge in [0.05, 0.1) is 28.6 Å². The van der Waals surface area contributed by atoms with Gasteiger partial charge in [-0.05, 0) is 13.0 Å². The Balaban J connectivity index is 3.05. The minimum atomic E-state index is -4.71. The van der Waals surface area contributed by atoms with Crippen LogP contribution in [0.5, 0.6) is 5.75 Å². The Morgan fingerprint density at radius 3 is 2.43 bits per heavy atom. The smallest absolute Gasteiger partial charge is 0.397 e. The number of rotatable bonds is 7. The maximum Gasteiger partial charge on any atom is 0.527 e. The van der Waals surface area contributed by atoms with Crippen molar-refractivity contribution in [3.8, 4) is 5.75 Å². The summed E-state index contributed by atoms with van der Waals surface area (Å²) in [5, 5.41) is 30.3. The summed E-state index contributed by atoms with van der Waals surface area (Å²) in [5.41, 5.74) is -1.44. The average molecular weight is 322 g/mol. The standard InChI is InChI=1S/C9H11N2O9P/c1-6(12)5-19-21(17,18)20-9-3-2-7(10(13)14)4-8(9)11(15)16/h2-4,6,12H,5H2,1H3,(H,17,18). The van der Waals surface area contributed by atoms with Crippen molar-refractivity contribution in [1.82, 2.24) is 0 Å². The van der Waals surface area contributed by atoms with Crippen molar-refractivity contribution in [3.05, 3.63) is 38.4 Å². The lowest BCUT2D eigenvalue weighted by Gasteiger charge is -2.13. The molecule has 2 unspecified atom stereocenters. The van der Waals surface area contributed by atoms with Gasteiger partial charge in [0.15, 0.2) is 0 Å². The molecule has 0 aromatic heterocycles. The van der Waals surface area contributed by atoms with E-state index in [2.05, 4.69) is 9.05 Å². The third kappa shape index (κ3) is 5.08. The molecule has 11 nitrogen and oxygen atoms in total. The number of phosphoric ester groups is 1. The Bertz CT molecular complexity index is 603. The summed E-state index contributed by atoms with van der Waals surface area (Å²) in [7, 11) is -4.71. The van der Waals surface area contributed by atoms with Crippen molar-refractivity contribution in [2.75, 3.05) is 6.61 Å². The summed E-state index contributed by atoms with van der Waals surface area (Å²) in [6, 6.07) is 2.27. The zero-order valence-electron chi connectivity index (χ0n) is 10.6. The van der Waals surface area contributed by atoms with E-state index < -0.39 is 47.5 Å². The van der Waals surface area contributed by atoms with Crippen LogP contribution in [0.2, 0.25) is 0 Å². The molecule has 0 aliphatic rings. The van der Waals surface area contributed by atoms with Crippen LogP contribution in [-0.2, 0) is 9.09 Å². The van der Waals surface area contributed by atoms with E-state index in [4.69, 9.17) is 5.11 Å². The van der Waals surface area contributed by atoms with Crippen molar-refractivity contribution in [2.45, 2.75) is 13.0 Å². The number of nitrogens with zero attached hydrogens (tertiary/aromatic N) is 2. The number of aliphatic hydroxyl groups is 1. The van der Waals surface area contributed by atoms with E-state index in [1.165, 1.54) is 6.92 Å². The molecule has 0 radical (unpaired) electrons. The first kappa shape index (κ1) is 17.0. The van der Waals surface area contributed by atoms with Crippen LogP contribution in [0.4, 0.5) is 11.4 Å². The Morgan fingerprint density at radius 2 is 1.95 bits per heavy atom. The summed E-state index contributed by atoms with van der Waals surface area (Å²) >= 11 is 0. The molecule has 0 spiro atoms. The Kier molecular flexibility index (Phi) is 5.33. The zero-order valence-corrected chi connectivity index (χ0v) is 11.5. The van der Waals surface area contributed by atoms with Crippen LogP contribution >= 0.6 is 7.82 Å². The van der Waals surface area contributed by atoms with E-state index in [9.17, 15) is 29.7 Å². The first-order chi connectivity index (χ1) is 9.62. The fourth-order valence-electron chi connectivity index (χ4n) is 1.19. The fraction of sp³-hybridized carbons (Fsp3) is 0.333. The van der Waals surface area contributed by atoms with Crippen molar-refractivity contribution in [1.29, 1.82) is 0 Å². The molecular formula is C9H11N2O9P. The minimum absolute atomic E-state index is 0.533. The lowest BCUT2D eigenvalue weighted by atomic mass is 10.2. The van der Waals surface area contributed by atoms with Crippen LogP contribution in [0.3, 0.4) is 0 Å². The van der Waals surface area contributed by atoms with Gasteiger partial charge in [-0.25, -0.2) is 4.57 Å². The molecular weight excluding hydrogens is 311 g/mol. The molecule has 1 aromatic carbocycles. The predicted octanol–water partition coefficient (Wildman–Crippen LogP) is 1.38. The Morgan fingerprint density at radius 1 is 1.33 bits per heavy atom. The number of hydrogen-bond acceptors (Lipinski definition) is 8. The number of nitro benzene ring substituents is 2. The van der Waals surface area contributed by atoms with Crippen LogP contribution < -0.4 is 4.52 Å². The lowest BCUT2D eigenvalue weighted by Crippen LogP contribution is -2.11. The van der Waals surface area contributed by atoms with Gasteiger partial charge in [0.1, 0.15) is 0 Å². The van der Waals surface area contributed by atoms with Gasteiger partial charge in [0.25, 0.3) is 5.69 Å². The van der Waals surface area contributed by atoms with Crippen LogP contribution in [0.1, 0.15) is 6.92 Å². The molecule has 0 heterocycles. The maximum atomic E-state index is 11.5. The molecule has 0 aliphatic carbocycles. The number of non-ortho nitro benzene ring substituents is 1. The maximum absolute atomic E-state index is 11.5. The highest BCUT2D eigenvalue weighted by Crippen LogP contribution is 2.47. The molecule has 0 aliphatic heterocycles. The normalized spacial score (nSPS) is 15.0. The molecule has 0 bridgehead atoms. The summed E-state index contributed by atoms with van der Waals surface area (Å²) in [5.74, 6) is -0.665. The number of phosphoric acid groups is 1. The topological polar surface area (TPSA) is 162 Å². The van der Waals surface area contributed by atoms with Crippen LogP contribution in [0.15, 0.2) is 18.2 Å². The molecule has 21 heavy (non-hydrogen) atoms. The Labute approximate surface area is 117 Å². The SMILES string of the molecule is CC(O)COP(=O)(O)Oc1ccc([N+](=O)[O-])cc1[N+](=O)[O-]. The van der Waals surface area contributed by atoms with E-state index in [0.717, 1.165) is 12.1 Å². The number of nitro groups is 2. The van der Waals surface area contributed by atoms with Gasteiger partial charge in [-0.2, -0.15) is 0 Å². The Hall–Kier alpha value is -2.07. The predicted molar refractivity (Wildman–Crippen MR) is 67.8 cm³/mol. The van der Waals surface area contributed by atoms with Gasteiger partial charge in [0, 0.05) is 6.07 Å². The van der Waals surface area contributed by atoms with Crippen molar-refractivity contribution in [2.24, 2.45) is 0 Å². The van der Waals surface area contributed by atoms with Gasteiger partial charge >= 0.3 is 13.5 Å². The number of aliphatic hydroxyl groups excluding tert-OH is 1. The fourth-order valence-corrected chi connectivity index (χ4v) is 2.05. The highest BCUT2D eigenvalue weighted by atomic mass is 31.2. The molecule has 116 valence electrons. The summed E-state index contributed by atoms with van der Waals surface area (Å²) in [6.45, 7) is 0.753. The lowest BCUT2D eigenvalue weighted by molar-refractivity contribution is -0.394. The molecule has 0 saturated carbocycles. The molecule has 0 saturated heterocycles. The third-order valence-corrected chi connectivity index (χ3v) is 2.95. The molecule has 1 aromatic rings. The molecule has 2 N–H and O–H groups in total. The van der Waals surface area contributed by atoms with Gasteiger partial charge in [-0.3, -0.25) is 29.6 Å². The molecule has 0 fully saturated rings. The average Bonchev–Trinajstić information content (AvgIpc) is 2.36. The second-order valence-electron chi connectivity index (χ2n) is 3.87. The van der Waals surface area contributed by atoms with Crippen molar-refractivity contribution < 1.29 is 33.5 Å². The quantitative estimate of drug-likeness (QED) is 0.428. The second kappa shape index (κ2) is 6.59. The zero-order chi connectivity index (χ0) is 16.2. The molecule has 1 rings (SSSR count). The van der Waals surface area contributed by atoms with E-state index in [1.54, 1.807) is 0 Å². The summed E-state index contributed by atoms with van der Waals surface area (Å²) in [6.07, 6.45) is -1.05. The third-order valence-electron chi connectivity index (χ3n) is 2.04. The van der Waals surface area contributed by atoms with Gasteiger partial charge in [0.2, 0.25) is 5.75 Å². The van der Waals surface area contributed by atoms with Crippen molar-refractivity contribution >= 4 is 19.2 Å². The largest absolute Gasteiger partial charge is 0.527 e. The van der Waals surface area contributed by atoms with E-state index in [1.807, 2.05) is 0 Å². The molecule has 0 amide bonds. The first-order valence-corrected chi connectivity index (χ1v) is 6.90. The number of hydrogen-bond donors (Lipinski definition) is 2. The van der Waals surface area contributed by atoms with Gasteiger partial charge in [-0.1, -0.05) is 0 Å². The van der Waals surface area contributed by atoms with Crippen LogP contribution in [-0.4, -0.2) is 32.6 Å². The van der Waals surface area contributed by atoms with Gasteiger partial charge < -0.3 is 9.63 Å². The first-order valence-electron chi connectivity index (χ1n) is 5.40. The molecule has 2 atom stereocenters. The monoisotopic (exact) mass is 322 g/mol. The summed E-state index contributed by atoms with van der Waals surface area (Å²) in [4.78, 5) is 28.8. The van der Waals surface area contributed by atoms with E-state index >= 15 is 0 Å². The van der Waals surface area contributed by atoms with Crippen molar-refractivity contribution in [3.63, 3.8) is 0 Å². The minimum Gasteiger partial charge on any atom is -0.397 e. The van der Waals surface area contributed by atoms with Crippen LogP contribution in [0.25, 0.3) is 0 Å². The van der Waals surface area contributed by atoms with E-state index in [-0.39, 0.29) is 0 Å². The second-order valence-corrected chi connectivity index (χ2v) is 5.25. The summed E-state index contributed by atoms with van der Waals surface area (Å²) < 4.78 is 20.4. The molecule has 12 heteroatoms. The highest BCUT2D eigenvalue weighted by Gasteiger charge is 2.29. The van der Waals surface area contributed by atoms with E-state index in [0.29, 0.717) is 6.07 Å². The highest BCUT2D eigenvalue weighted by molar-refractivity contribution is 7.47. The van der Waals surface area contributed by atoms with Gasteiger partial charge in [-0.15, -0.1) is 0 Å².